The molecule has 5 nitrogen and oxygen atoms in total. The van der Waals surface area contributed by atoms with Crippen LogP contribution in [-0.4, -0.2) is 35.4 Å². The summed E-state index contributed by atoms with van der Waals surface area (Å²) >= 11 is 0. The molecule has 1 N–H and O–H groups in total. The molecule has 2 bridgehead atoms. The zero-order chi connectivity index (χ0) is 15.8. The number of hydrogen-bond acceptors (Lipinski definition) is 5. The Hall–Kier alpha value is -1.49. The van der Waals surface area contributed by atoms with Crippen LogP contribution < -0.4 is 0 Å². The summed E-state index contributed by atoms with van der Waals surface area (Å²) in [4.78, 5) is 37.3. The quantitative estimate of drug-likeness (QED) is 0.734. The van der Waals surface area contributed by atoms with Crippen LogP contribution in [0.2, 0.25) is 0 Å². The molecule has 0 radical (unpaired) electrons. The van der Waals surface area contributed by atoms with Crippen LogP contribution >= 0.6 is 0 Å². The van der Waals surface area contributed by atoms with Gasteiger partial charge in [-0.15, -0.1) is 0 Å². The number of ether oxygens (including phenoxy) is 1. The van der Waals surface area contributed by atoms with Crippen molar-refractivity contribution < 1.29 is 24.2 Å². The fraction of sp³-hybridized carbons (Fsp3) is 0.688. The van der Waals surface area contributed by atoms with E-state index in [1.165, 1.54) is 7.11 Å². The van der Waals surface area contributed by atoms with Crippen LogP contribution in [0.15, 0.2) is 11.1 Å². The monoisotopic (exact) mass is 292 g/mol. The van der Waals surface area contributed by atoms with Crippen molar-refractivity contribution in [2.24, 2.45) is 16.7 Å². The lowest BCUT2D eigenvalue weighted by atomic mass is 9.54. The van der Waals surface area contributed by atoms with E-state index in [4.69, 9.17) is 4.74 Å². The molecule has 3 aliphatic carbocycles. The Balaban J connectivity index is 2.32. The van der Waals surface area contributed by atoms with Gasteiger partial charge in [0.05, 0.1) is 7.11 Å². The predicted octanol–water partition coefficient (Wildman–Crippen LogP) is 1.19. The Kier molecular flexibility index (Phi) is 2.63. The summed E-state index contributed by atoms with van der Waals surface area (Å²) in [7, 11) is 1.24. The predicted molar refractivity (Wildman–Crippen MR) is 73.2 cm³/mol. The Bertz CT molecular complexity index is 618. The van der Waals surface area contributed by atoms with Crippen molar-refractivity contribution in [1.82, 2.24) is 0 Å². The number of methoxy groups -OCH3 is 1. The minimum Gasteiger partial charge on any atom is -0.468 e. The van der Waals surface area contributed by atoms with E-state index in [0.717, 1.165) is 5.57 Å². The average molecular weight is 292 g/mol. The molecule has 5 heteroatoms. The molecule has 3 rings (SSSR count). The van der Waals surface area contributed by atoms with E-state index in [1.54, 1.807) is 13.8 Å². The first-order chi connectivity index (χ1) is 9.63. The van der Waals surface area contributed by atoms with Gasteiger partial charge in [0.2, 0.25) is 0 Å². The number of ketones is 2. The summed E-state index contributed by atoms with van der Waals surface area (Å²) in [5.74, 6) is -0.983. The molecule has 0 heterocycles. The van der Waals surface area contributed by atoms with Crippen LogP contribution in [0.25, 0.3) is 0 Å². The van der Waals surface area contributed by atoms with E-state index in [2.05, 4.69) is 0 Å². The van der Waals surface area contributed by atoms with E-state index in [-0.39, 0.29) is 30.3 Å². The third kappa shape index (κ3) is 1.29. The molecule has 4 atom stereocenters. The van der Waals surface area contributed by atoms with Crippen LogP contribution in [0, 0.1) is 16.7 Å². The van der Waals surface area contributed by atoms with Crippen LogP contribution in [0.1, 0.15) is 40.0 Å². The topological polar surface area (TPSA) is 80.7 Å². The highest BCUT2D eigenvalue weighted by atomic mass is 16.5. The van der Waals surface area contributed by atoms with Crippen LogP contribution in [0.4, 0.5) is 0 Å². The molecule has 3 aliphatic rings. The molecular formula is C16H20O5. The van der Waals surface area contributed by atoms with E-state index < -0.39 is 22.4 Å². The van der Waals surface area contributed by atoms with Gasteiger partial charge in [-0.05, 0) is 12.8 Å². The second-order valence-electron chi connectivity index (χ2n) is 7.01. The maximum Gasteiger partial charge on any atom is 0.315 e. The van der Waals surface area contributed by atoms with Gasteiger partial charge in [-0.2, -0.15) is 0 Å². The highest BCUT2D eigenvalue weighted by molar-refractivity contribution is 6.09. The molecular weight excluding hydrogens is 272 g/mol. The van der Waals surface area contributed by atoms with Gasteiger partial charge < -0.3 is 9.84 Å². The van der Waals surface area contributed by atoms with Gasteiger partial charge in [0, 0.05) is 30.3 Å². The van der Waals surface area contributed by atoms with Crippen LogP contribution in [-0.2, 0) is 19.1 Å². The first-order valence-electron chi connectivity index (χ1n) is 7.24. The number of carbonyl (C=O) groups excluding carboxylic acids is 3. The number of rotatable bonds is 1. The molecule has 114 valence electrons. The third-order valence-electron chi connectivity index (χ3n) is 6.18. The SMILES string of the molecule is COC(=O)[C@@]1(C)[C@]2(C)CC(=O)[C@@]1(O)CC1=C2C(=O)C[C@@H]1C. The third-order valence-corrected chi connectivity index (χ3v) is 6.18. The lowest BCUT2D eigenvalue weighted by Gasteiger charge is -2.49. The van der Waals surface area contributed by atoms with Crippen molar-refractivity contribution in [2.45, 2.75) is 45.6 Å². The minimum absolute atomic E-state index is 0.00634. The highest BCUT2D eigenvalue weighted by Gasteiger charge is 2.76. The molecule has 0 aromatic rings. The first kappa shape index (κ1) is 14.4. The summed E-state index contributed by atoms with van der Waals surface area (Å²) < 4.78 is 4.88. The summed E-state index contributed by atoms with van der Waals surface area (Å²) in [6.45, 7) is 5.23. The van der Waals surface area contributed by atoms with Crippen LogP contribution in [0.5, 0.6) is 0 Å². The maximum atomic E-state index is 12.5. The van der Waals surface area contributed by atoms with Crippen molar-refractivity contribution in [3.05, 3.63) is 11.1 Å². The van der Waals surface area contributed by atoms with Crippen molar-refractivity contribution in [1.29, 1.82) is 0 Å². The number of aliphatic hydroxyl groups is 1. The van der Waals surface area contributed by atoms with Crippen molar-refractivity contribution in [2.75, 3.05) is 7.11 Å². The van der Waals surface area contributed by atoms with Crippen molar-refractivity contribution >= 4 is 17.5 Å². The van der Waals surface area contributed by atoms with Gasteiger partial charge >= 0.3 is 5.97 Å². The lowest BCUT2D eigenvalue weighted by molar-refractivity contribution is -0.180. The van der Waals surface area contributed by atoms with Gasteiger partial charge in [0.15, 0.2) is 11.6 Å². The molecule has 0 aromatic carbocycles. The number of Topliss-reactive ketones (excluding diaryl/α,β-unsaturated/α-hetero) is 2. The van der Waals surface area contributed by atoms with Crippen LogP contribution in [0.3, 0.4) is 0 Å². The molecule has 1 saturated carbocycles. The Morgan fingerprint density at radius 2 is 1.90 bits per heavy atom. The normalized spacial score (nSPS) is 45.1. The Morgan fingerprint density at radius 1 is 1.29 bits per heavy atom. The maximum absolute atomic E-state index is 12.5. The standard InChI is InChI=1S/C16H20O5/c1-8-5-10(17)12-9(8)6-16(20)11(18)7-14(12,2)15(16,3)13(19)21-4/h8,20H,5-7H2,1-4H3/t8-,14+,15-,16-/m0/s1. The number of carbonyl (C=O) groups is 3. The number of esters is 1. The Morgan fingerprint density at radius 3 is 2.48 bits per heavy atom. The second kappa shape index (κ2) is 3.83. The number of hydrogen-bond donors (Lipinski definition) is 1. The van der Waals surface area contributed by atoms with E-state index in [9.17, 15) is 19.5 Å². The number of allylic oxidation sites excluding steroid dienone is 1. The summed E-state index contributed by atoms with van der Waals surface area (Å²) in [5.41, 5.74) is -2.74. The van der Waals surface area contributed by atoms with Gasteiger partial charge in [-0.3, -0.25) is 14.4 Å². The second-order valence-corrected chi connectivity index (χ2v) is 7.01. The molecule has 0 saturated heterocycles. The molecule has 1 fully saturated rings. The molecule has 0 unspecified atom stereocenters. The lowest BCUT2D eigenvalue weighted by Crippen LogP contribution is -2.60. The summed E-state index contributed by atoms with van der Waals surface area (Å²) in [6.07, 6.45) is 0.462. The zero-order valence-corrected chi connectivity index (χ0v) is 12.8. The van der Waals surface area contributed by atoms with E-state index in [1.807, 2.05) is 6.92 Å². The van der Waals surface area contributed by atoms with Crippen molar-refractivity contribution in [3.63, 3.8) is 0 Å². The minimum atomic E-state index is -1.77. The van der Waals surface area contributed by atoms with E-state index >= 15 is 0 Å². The van der Waals surface area contributed by atoms with Gasteiger partial charge in [-0.25, -0.2) is 0 Å². The molecule has 0 aromatic heterocycles. The Labute approximate surface area is 123 Å². The fourth-order valence-corrected chi connectivity index (χ4v) is 4.72. The highest BCUT2D eigenvalue weighted by Crippen LogP contribution is 2.68. The average Bonchev–Trinajstić information content (AvgIpc) is 2.72. The first-order valence-corrected chi connectivity index (χ1v) is 7.24. The van der Waals surface area contributed by atoms with Gasteiger partial charge in [0.1, 0.15) is 11.0 Å². The zero-order valence-electron chi connectivity index (χ0n) is 12.8. The van der Waals surface area contributed by atoms with Crippen molar-refractivity contribution in [3.8, 4) is 0 Å². The smallest absolute Gasteiger partial charge is 0.315 e. The summed E-state index contributed by atoms with van der Waals surface area (Å²) in [6, 6.07) is 0. The van der Waals surface area contributed by atoms with E-state index in [0.29, 0.717) is 12.0 Å². The van der Waals surface area contributed by atoms with Gasteiger partial charge in [0.25, 0.3) is 0 Å². The molecule has 0 aliphatic heterocycles. The fourth-order valence-electron chi connectivity index (χ4n) is 4.72. The largest absolute Gasteiger partial charge is 0.468 e. The molecule has 21 heavy (non-hydrogen) atoms. The molecule has 0 amide bonds. The molecule has 0 spiro atoms. The number of fused-ring (bicyclic) bond motifs is 3. The van der Waals surface area contributed by atoms with Gasteiger partial charge in [-0.1, -0.05) is 19.4 Å². The summed E-state index contributed by atoms with van der Waals surface area (Å²) in [5, 5.41) is 11.0.